The molecule has 1 fully saturated rings. The van der Waals surface area contributed by atoms with Gasteiger partial charge in [-0.05, 0) is 54.5 Å². The van der Waals surface area contributed by atoms with Crippen LogP contribution < -0.4 is 15.4 Å². The number of nitrogens with zero attached hydrogens (tertiary/aromatic N) is 2. The van der Waals surface area contributed by atoms with Crippen molar-refractivity contribution in [1.82, 2.24) is 10.2 Å². The highest BCUT2D eigenvalue weighted by atomic mass is 16.6. The van der Waals surface area contributed by atoms with Crippen molar-refractivity contribution in [2.24, 2.45) is 5.92 Å². The van der Waals surface area contributed by atoms with Crippen LogP contribution in [-0.4, -0.2) is 36.5 Å². The van der Waals surface area contributed by atoms with Crippen LogP contribution in [0.25, 0.3) is 0 Å². The Hall–Kier alpha value is -4.51. The maximum atomic E-state index is 12.8. The van der Waals surface area contributed by atoms with Crippen molar-refractivity contribution in [3.05, 3.63) is 94.5 Å². The molecule has 3 aromatic rings. The molecule has 2 amide bonds. The first-order chi connectivity index (χ1) is 19.4. The van der Waals surface area contributed by atoms with E-state index in [9.17, 15) is 14.9 Å². The molecular formula is C32H34N4O4. The SMILES string of the molecule is CC(C)c1cc(C#N)cc2c1OC(c1ccc(C(=O)NCC3CCN(C(=O)OCc4ccccc4)CC3)cc1)N2. The Morgan fingerprint density at radius 1 is 1.10 bits per heavy atom. The van der Waals surface area contributed by atoms with Gasteiger partial charge in [-0.15, -0.1) is 0 Å². The third kappa shape index (κ3) is 6.20. The van der Waals surface area contributed by atoms with Crippen LogP contribution in [0.2, 0.25) is 0 Å². The van der Waals surface area contributed by atoms with Gasteiger partial charge in [0.1, 0.15) is 12.4 Å². The number of likely N-dealkylation sites (tertiary alicyclic amines) is 1. The number of nitrogens with one attached hydrogen (secondary N) is 2. The number of piperidine rings is 1. The molecule has 0 aliphatic carbocycles. The van der Waals surface area contributed by atoms with Gasteiger partial charge in [0.25, 0.3) is 5.91 Å². The van der Waals surface area contributed by atoms with Crippen molar-refractivity contribution in [3.63, 3.8) is 0 Å². The van der Waals surface area contributed by atoms with Crippen LogP contribution in [0.4, 0.5) is 10.5 Å². The third-order valence-electron chi connectivity index (χ3n) is 7.50. The van der Waals surface area contributed by atoms with Crippen LogP contribution in [0.1, 0.15) is 71.4 Å². The van der Waals surface area contributed by atoms with Gasteiger partial charge < -0.3 is 25.0 Å². The van der Waals surface area contributed by atoms with Crippen LogP contribution in [0.5, 0.6) is 5.75 Å². The van der Waals surface area contributed by atoms with Crippen molar-refractivity contribution in [1.29, 1.82) is 5.26 Å². The molecule has 1 atom stereocenters. The minimum Gasteiger partial charge on any atom is -0.464 e. The van der Waals surface area contributed by atoms with Gasteiger partial charge in [-0.1, -0.05) is 56.3 Å². The number of carbonyl (C=O) groups excluding carboxylic acids is 2. The van der Waals surface area contributed by atoms with Crippen LogP contribution in [-0.2, 0) is 11.3 Å². The number of nitriles is 1. The summed E-state index contributed by atoms with van der Waals surface area (Å²) in [5, 5.41) is 15.8. The van der Waals surface area contributed by atoms with Gasteiger partial charge in [-0.3, -0.25) is 4.79 Å². The summed E-state index contributed by atoms with van der Waals surface area (Å²) in [6.07, 6.45) is 0.956. The summed E-state index contributed by atoms with van der Waals surface area (Å²) in [4.78, 5) is 26.9. The Morgan fingerprint density at radius 3 is 2.50 bits per heavy atom. The molecule has 206 valence electrons. The second-order valence-corrected chi connectivity index (χ2v) is 10.7. The highest BCUT2D eigenvalue weighted by Crippen LogP contribution is 2.43. The summed E-state index contributed by atoms with van der Waals surface area (Å²) in [6.45, 7) is 6.22. The Bertz CT molecular complexity index is 1390. The number of carbonyl (C=O) groups is 2. The van der Waals surface area contributed by atoms with Gasteiger partial charge in [0.2, 0.25) is 0 Å². The van der Waals surface area contributed by atoms with Crippen LogP contribution in [0, 0.1) is 17.2 Å². The molecular weight excluding hydrogens is 504 g/mol. The molecule has 1 saturated heterocycles. The Labute approximate surface area is 234 Å². The smallest absolute Gasteiger partial charge is 0.410 e. The van der Waals surface area contributed by atoms with Gasteiger partial charge in [-0.25, -0.2) is 4.79 Å². The van der Waals surface area contributed by atoms with Gasteiger partial charge >= 0.3 is 6.09 Å². The van der Waals surface area contributed by atoms with E-state index in [1.165, 1.54) is 0 Å². The Kier molecular flexibility index (Phi) is 8.20. The van der Waals surface area contributed by atoms with Crippen molar-refractivity contribution in [2.45, 2.75) is 45.4 Å². The average Bonchev–Trinajstić information content (AvgIpc) is 3.43. The van der Waals surface area contributed by atoms with E-state index >= 15 is 0 Å². The number of benzene rings is 3. The van der Waals surface area contributed by atoms with Crippen LogP contribution in [0.15, 0.2) is 66.7 Å². The summed E-state index contributed by atoms with van der Waals surface area (Å²) in [5.41, 5.74) is 4.84. The number of anilines is 1. The topological polar surface area (TPSA) is 104 Å². The van der Waals surface area contributed by atoms with Gasteiger partial charge in [0, 0.05) is 36.3 Å². The molecule has 40 heavy (non-hydrogen) atoms. The average molecular weight is 539 g/mol. The van der Waals surface area contributed by atoms with Gasteiger partial charge in [-0.2, -0.15) is 5.26 Å². The molecule has 0 bridgehead atoms. The molecule has 2 N–H and O–H groups in total. The molecule has 2 heterocycles. The van der Waals surface area contributed by atoms with Gasteiger partial charge in [0.05, 0.1) is 17.3 Å². The van der Waals surface area contributed by atoms with E-state index in [1.54, 1.807) is 23.1 Å². The standard InChI is InChI=1S/C32H34N4O4/c1-21(2)27-16-24(18-33)17-28-29(27)40-31(35-28)26-10-8-25(9-11-26)30(37)34-19-22-12-14-36(15-13-22)32(38)39-20-23-6-4-3-5-7-23/h3-11,16-17,21-22,31,35H,12-15,19-20H2,1-2H3,(H,34,37). The second kappa shape index (κ2) is 12.1. The molecule has 1 unspecified atom stereocenters. The first-order valence-corrected chi connectivity index (χ1v) is 13.8. The number of hydrogen-bond acceptors (Lipinski definition) is 6. The molecule has 2 aliphatic rings. The summed E-state index contributed by atoms with van der Waals surface area (Å²) in [6, 6.07) is 22.9. The fraction of sp³-hybridized carbons (Fsp3) is 0.344. The van der Waals surface area contributed by atoms with Gasteiger partial charge in [0.15, 0.2) is 6.23 Å². The Balaban J connectivity index is 1.08. The van der Waals surface area contributed by atoms with E-state index in [2.05, 4.69) is 30.6 Å². The maximum absolute atomic E-state index is 12.8. The van der Waals surface area contributed by atoms with E-state index in [0.29, 0.717) is 36.7 Å². The van der Waals surface area contributed by atoms with E-state index in [0.717, 1.165) is 41.0 Å². The van der Waals surface area contributed by atoms with E-state index < -0.39 is 0 Å². The predicted molar refractivity (Wildman–Crippen MR) is 152 cm³/mol. The first-order valence-electron chi connectivity index (χ1n) is 13.8. The lowest BCUT2D eigenvalue weighted by atomic mass is 9.97. The summed E-state index contributed by atoms with van der Waals surface area (Å²) < 4.78 is 11.7. The normalized spacial score (nSPS) is 16.4. The monoisotopic (exact) mass is 538 g/mol. The number of amides is 2. The van der Waals surface area contributed by atoms with E-state index in [-0.39, 0.29) is 30.8 Å². The molecule has 0 radical (unpaired) electrons. The zero-order valence-electron chi connectivity index (χ0n) is 22.9. The molecule has 3 aromatic carbocycles. The van der Waals surface area contributed by atoms with Crippen LogP contribution >= 0.6 is 0 Å². The van der Waals surface area contributed by atoms with E-state index in [1.807, 2.05) is 48.5 Å². The Morgan fingerprint density at radius 2 is 1.82 bits per heavy atom. The number of ether oxygens (including phenoxy) is 2. The molecule has 0 aromatic heterocycles. The van der Waals surface area contributed by atoms with Crippen LogP contribution in [0.3, 0.4) is 0 Å². The maximum Gasteiger partial charge on any atom is 0.410 e. The number of fused-ring (bicyclic) bond motifs is 1. The molecule has 0 spiro atoms. The van der Waals surface area contributed by atoms with E-state index in [4.69, 9.17) is 9.47 Å². The fourth-order valence-electron chi connectivity index (χ4n) is 5.10. The minimum atomic E-state index is -0.386. The van der Waals surface area contributed by atoms with Crippen molar-refractivity contribution in [2.75, 3.05) is 25.0 Å². The van der Waals surface area contributed by atoms with Crippen molar-refractivity contribution in [3.8, 4) is 11.8 Å². The molecule has 8 nitrogen and oxygen atoms in total. The summed E-state index contributed by atoms with van der Waals surface area (Å²) in [7, 11) is 0. The largest absolute Gasteiger partial charge is 0.464 e. The lowest BCUT2D eigenvalue weighted by Gasteiger charge is -2.31. The quantitative estimate of drug-likeness (QED) is 0.385. The highest BCUT2D eigenvalue weighted by Gasteiger charge is 2.28. The lowest BCUT2D eigenvalue weighted by molar-refractivity contribution is 0.0801. The fourth-order valence-corrected chi connectivity index (χ4v) is 5.10. The van der Waals surface area contributed by atoms with Crippen molar-refractivity contribution < 1.29 is 19.1 Å². The highest BCUT2D eigenvalue weighted by molar-refractivity contribution is 5.94. The third-order valence-corrected chi connectivity index (χ3v) is 7.50. The molecule has 2 aliphatic heterocycles. The first kappa shape index (κ1) is 27.1. The molecule has 8 heteroatoms. The second-order valence-electron chi connectivity index (χ2n) is 10.7. The predicted octanol–water partition coefficient (Wildman–Crippen LogP) is 5.96. The lowest BCUT2D eigenvalue weighted by Crippen LogP contribution is -2.41. The zero-order chi connectivity index (χ0) is 28.1. The molecule has 0 saturated carbocycles. The summed E-state index contributed by atoms with van der Waals surface area (Å²) >= 11 is 0. The number of hydrogen-bond donors (Lipinski definition) is 2. The van der Waals surface area contributed by atoms with Crippen molar-refractivity contribution >= 4 is 17.7 Å². The summed E-state index contributed by atoms with van der Waals surface area (Å²) in [5.74, 6) is 1.18. The number of rotatable bonds is 7. The minimum absolute atomic E-state index is 0.124. The molecule has 5 rings (SSSR count). The zero-order valence-corrected chi connectivity index (χ0v) is 22.9.